The van der Waals surface area contributed by atoms with Gasteiger partial charge in [0.15, 0.2) is 0 Å². The quantitative estimate of drug-likeness (QED) is 0.935. The summed E-state index contributed by atoms with van der Waals surface area (Å²) in [5.41, 5.74) is 2.38. The minimum absolute atomic E-state index is 0.0264. The van der Waals surface area contributed by atoms with Crippen LogP contribution in [-0.4, -0.2) is 38.6 Å². The summed E-state index contributed by atoms with van der Waals surface area (Å²) in [5, 5.41) is 9.38. The maximum atomic E-state index is 12.3. The third kappa shape index (κ3) is 2.91. The first-order valence-corrected chi connectivity index (χ1v) is 7.91. The average molecular weight is 301 g/mol. The summed E-state index contributed by atoms with van der Waals surface area (Å²) in [7, 11) is 0. The van der Waals surface area contributed by atoms with Crippen LogP contribution in [0, 0.1) is 12.8 Å². The molecule has 0 amide bonds. The Balaban J connectivity index is 1.89. The van der Waals surface area contributed by atoms with Gasteiger partial charge in [0.25, 0.3) is 5.56 Å². The van der Waals surface area contributed by atoms with E-state index in [9.17, 15) is 9.90 Å². The molecular weight excluding hydrogens is 278 g/mol. The fourth-order valence-corrected chi connectivity index (χ4v) is 3.28. The van der Waals surface area contributed by atoms with Gasteiger partial charge in [0, 0.05) is 37.5 Å². The van der Waals surface area contributed by atoms with Crippen molar-refractivity contribution in [2.45, 2.75) is 39.3 Å². The Morgan fingerprint density at radius 2 is 2.18 bits per heavy atom. The zero-order valence-electron chi connectivity index (χ0n) is 13.2. The van der Waals surface area contributed by atoms with Crippen molar-refractivity contribution in [2.75, 3.05) is 13.2 Å². The molecule has 5 heteroatoms. The van der Waals surface area contributed by atoms with Crippen LogP contribution < -0.4 is 5.56 Å². The molecule has 1 N–H and O–H groups in total. The van der Waals surface area contributed by atoms with Gasteiger partial charge in [0.1, 0.15) is 5.65 Å². The number of aliphatic hydroxyl groups excluding tert-OH is 1. The second-order valence-corrected chi connectivity index (χ2v) is 6.35. The Labute approximate surface area is 130 Å². The van der Waals surface area contributed by atoms with Gasteiger partial charge in [-0.3, -0.25) is 14.1 Å². The number of aliphatic hydroxyl groups is 1. The van der Waals surface area contributed by atoms with Gasteiger partial charge in [0.05, 0.1) is 5.69 Å². The predicted molar refractivity (Wildman–Crippen MR) is 85.9 cm³/mol. The number of aryl methyl sites for hydroxylation is 1. The van der Waals surface area contributed by atoms with Crippen molar-refractivity contribution in [2.24, 2.45) is 5.92 Å². The van der Waals surface area contributed by atoms with Gasteiger partial charge in [-0.05, 0) is 44.7 Å². The Hall–Kier alpha value is -1.72. The van der Waals surface area contributed by atoms with Crippen molar-refractivity contribution in [1.82, 2.24) is 14.3 Å². The molecule has 3 rings (SSSR count). The van der Waals surface area contributed by atoms with E-state index in [4.69, 9.17) is 0 Å². The van der Waals surface area contributed by atoms with Crippen molar-refractivity contribution in [3.63, 3.8) is 0 Å². The van der Waals surface area contributed by atoms with Crippen LogP contribution in [0.2, 0.25) is 0 Å². The van der Waals surface area contributed by atoms with Crippen LogP contribution in [-0.2, 0) is 6.54 Å². The molecule has 2 unspecified atom stereocenters. The van der Waals surface area contributed by atoms with Gasteiger partial charge in [-0.2, -0.15) is 0 Å². The van der Waals surface area contributed by atoms with E-state index in [0.717, 1.165) is 30.8 Å². The number of pyridine rings is 1. The number of fused-ring (bicyclic) bond motifs is 1. The molecule has 0 saturated carbocycles. The summed E-state index contributed by atoms with van der Waals surface area (Å²) in [6.45, 7) is 5.88. The maximum Gasteiger partial charge on any atom is 0.258 e. The minimum atomic E-state index is -0.0264. The molecule has 0 spiro atoms. The lowest BCUT2D eigenvalue weighted by Gasteiger charge is -2.37. The lowest BCUT2D eigenvalue weighted by Crippen LogP contribution is -2.42. The summed E-state index contributed by atoms with van der Waals surface area (Å²) in [4.78, 5) is 19.3. The first-order chi connectivity index (χ1) is 10.6. The first kappa shape index (κ1) is 15.2. The molecule has 1 fully saturated rings. The molecule has 3 heterocycles. The lowest BCUT2D eigenvalue weighted by molar-refractivity contribution is 0.0762. The van der Waals surface area contributed by atoms with Crippen LogP contribution in [0.1, 0.15) is 31.2 Å². The smallest absolute Gasteiger partial charge is 0.258 e. The molecular formula is C17H23N3O2. The second kappa shape index (κ2) is 6.18. The van der Waals surface area contributed by atoms with Crippen LogP contribution in [0.3, 0.4) is 0 Å². The van der Waals surface area contributed by atoms with Crippen LogP contribution in [0.15, 0.2) is 29.1 Å². The Bertz CT molecular complexity index is 725. The van der Waals surface area contributed by atoms with E-state index in [1.54, 1.807) is 10.5 Å². The second-order valence-electron chi connectivity index (χ2n) is 6.35. The normalized spacial score (nSPS) is 23.0. The van der Waals surface area contributed by atoms with E-state index in [0.29, 0.717) is 24.2 Å². The first-order valence-electron chi connectivity index (χ1n) is 7.91. The van der Waals surface area contributed by atoms with Gasteiger partial charge in [-0.25, -0.2) is 4.98 Å². The number of hydrogen-bond acceptors (Lipinski definition) is 4. The maximum absolute atomic E-state index is 12.3. The number of likely N-dealkylation sites (tertiary alicyclic amines) is 1. The van der Waals surface area contributed by atoms with Gasteiger partial charge in [-0.1, -0.05) is 6.07 Å². The standard InChI is InChI=1S/C17H23N3O2/c1-12-6-7-14(11-21)9-19(12)10-15-8-17(22)20-13(2)4-3-5-16(20)18-15/h3-5,8,12,14,21H,6-7,9-11H2,1-2H3. The highest BCUT2D eigenvalue weighted by Crippen LogP contribution is 2.22. The molecule has 1 saturated heterocycles. The molecule has 118 valence electrons. The molecule has 5 nitrogen and oxygen atoms in total. The largest absolute Gasteiger partial charge is 0.396 e. The fraction of sp³-hybridized carbons (Fsp3) is 0.529. The molecule has 1 aliphatic rings. The Morgan fingerprint density at radius 3 is 2.95 bits per heavy atom. The van der Waals surface area contributed by atoms with Crippen molar-refractivity contribution in [1.29, 1.82) is 0 Å². The number of rotatable bonds is 3. The molecule has 0 aliphatic carbocycles. The summed E-state index contributed by atoms with van der Waals surface area (Å²) >= 11 is 0. The zero-order valence-corrected chi connectivity index (χ0v) is 13.2. The van der Waals surface area contributed by atoms with E-state index < -0.39 is 0 Å². The van der Waals surface area contributed by atoms with Crippen molar-refractivity contribution in [3.8, 4) is 0 Å². The molecule has 0 radical (unpaired) electrons. The number of aromatic nitrogens is 2. The topological polar surface area (TPSA) is 57.8 Å². The molecule has 0 aromatic carbocycles. The molecule has 2 aromatic rings. The Morgan fingerprint density at radius 1 is 1.36 bits per heavy atom. The average Bonchev–Trinajstić information content (AvgIpc) is 2.49. The van der Waals surface area contributed by atoms with Crippen LogP contribution in [0.5, 0.6) is 0 Å². The van der Waals surface area contributed by atoms with Crippen LogP contribution >= 0.6 is 0 Å². The van der Waals surface area contributed by atoms with Crippen LogP contribution in [0.25, 0.3) is 5.65 Å². The molecule has 0 bridgehead atoms. The van der Waals surface area contributed by atoms with Crippen molar-refractivity contribution < 1.29 is 5.11 Å². The Kier molecular flexibility index (Phi) is 4.27. The third-order valence-corrected chi connectivity index (χ3v) is 4.67. The lowest BCUT2D eigenvalue weighted by atomic mass is 9.94. The van der Waals surface area contributed by atoms with Crippen molar-refractivity contribution in [3.05, 3.63) is 46.0 Å². The molecule has 1 aliphatic heterocycles. The highest BCUT2D eigenvalue weighted by molar-refractivity contribution is 5.40. The summed E-state index contributed by atoms with van der Waals surface area (Å²) in [5.74, 6) is 0.333. The highest BCUT2D eigenvalue weighted by Gasteiger charge is 2.25. The van der Waals surface area contributed by atoms with Gasteiger partial charge in [0.2, 0.25) is 0 Å². The number of piperidine rings is 1. The zero-order chi connectivity index (χ0) is 15.7. The molecule has 2 aromatic heterocycles. The predicted octanol–water partition coefficient (Wildman–Crippen LogP) is 1.60. The van der Waals surface area contributed by atoms with Gasteiger partial charge < -0.3 is 5.11 Å². The van der Waals surface area contributed by atoms with E-state index in [1.165, 1.54) is 0 Å². The van der Waals surface area contributed by atoms with E-state index in [-0.39, 0.29) is 12.2 Å². The number of nitrogens with zero attached hydrogens (tertiary/aromatic N) is 3. The molecule has 2 atom stereocenters. The highest BCUT2D eigenvalue weighted by atomic mass is 16.3. The van der Waals surface area contributed by atoms with E-state index in [1.807, 2.05) is 25.1 Å². The van der Waals surface area contributed by atoms with Gasteiger partial charge >= 0.3 is 0 Å². The monoisotopic (exact) mass is 301 g/mol. The third-order valence-electron chi connectivity index (χ3n) is 4.67. The SMILES string of the molecule is Cc1cccc2nc(CN3CC(CO)CCC3C)cc(=O)n12. The van der Waals surface area contributed by atoms with Gasteiger partial charge in [-0.15, -0.1) is 0 Å². The van der Waals surface area contributed by atoms with Crippen molar-refractivity contribution >= 4 is 5.65 Å². The van der Waals surface area contributed by atoms with Crippen LogP contribution in [0.4, 0.5) is 0 Å². The minimum Gasteiger partial charge on any atom is -0.396 e. The fourth-order valence-electron chi connectivity index (χ4n) is 3.28. The van der Waals surface area contributed by atoms with E-state index in [2.05, 4.69) is 16.8 Å². The molecule has 22 heavy (non-hydrogen) atoms. The summed E-state index contributed by atoms with van der Waals surface area (Å²) in [6.07, 6.45) is 2.15. The summed E-state index contributed by atoms with van der Waals surface area (Å²) < 4.78 is 1.64. The van der Waals surface area contributed by atoms with E-state index >= 15 is 0 Å². The summed E-state index contributed by atoms with van der Waals surface area (Å²) in [6, 6.07) is 7.80. The number of hydrogen-bond donors (Lipinski definition) is 1.